The van der Waals surface area contributed by atoms with Gasteiger partial charge in [0.15, 0.2) is 0 Å². The van der Waals surface area contributed by atoms with Crippen LogP contribution in [0, 0.1) is 23.7 Å². The van der Waals surface area contributed by atoms with Crippen LogP contribution >= 0.6 is 0 Å². The van der Waals surface area contributed by atoms with Gasteiger partial charge in [-0.1, -0.05) is 26.7 Å². The molecule has 0 aromatic heterocycles. The third-order valence-electron chi connectivity index (χ3n) is 5.16. The van der Waals surface area contributed by atoms with Crippen molar-refractivity contribution in [2.75, 3.05) is 0 Å². The normalized spacial score (nSPS) is 48.8. The van der Waals surface area contributed by atoms with Crippen molar-refractivity contribution < 1.29 is 10.2 Å². The smallest absolute Gasteiger partial charge is 0.0623 e. The van der Waals surface area contributed by atoms with Crippen molar-refractivity contribution in [2.45, 2.75) is 64.6 Å². The van der Waals surface area contributed by atoms with Gasteiger partial charge in [0.05, 0.1) is 12.2 Å². The summed E-state index contributed by atoms with van der Waals surface area (Å²) >= 11 is 0. The first-order valence-corrected chi connectivity index (χ1v) is 7.05. The first kappa shape index (κ1) is 12.4. The van der Waals surface area contributed by atoms with Gasteiger partial charge < -0.3 is 10.2 Å². The van der Waals surface area contributed by atoms with Crippen LogP contribution in [-0.2, 0) is 0 Å². The lowest BCUT2D eigenvalue weighted by Crippen LogP contribution is -2.50. The van der Waals surface area contributed by atoms with Crippen LogP contribution < -0.4 is 0 Å². The van der Waals surface area contributed by atoms with Crippen LogP contribution in [0.25, 0.3) is 0 Å². The van der Waals surface area contributed by atoms with E-state index in [0.717, 1.165) is 25.7 Å². The molecule has 2 aliphatic carbocycles. The standard InChI is InChI=1S/C14H26O2/c1-3-9-5-7-11-8-6-10(4-2)14(16)12(11)13(9)15/h9-16H,3-8H2,1-2H3/t9-,10+,11?,12?,13?,14?. The molecule has 2 N–H and O–H groups in total. The number of aliphatic hydroxyl groups excluding tert-OH is 2. The summed E-state index contributed by atoms with van der Waals surface area (Å²) in [6.07, 6.45) is 6.33. The summed E-state index contributed by atoms with van der Waals surface area (Å²) in [6, 6.07) is 0. The molecule has 2 nitrogen and oxygen atoms in total. The van der Waals surface area contributed by atoms with Crippen molar-refractivity contribution in [1.82, 2.24) is 0 Å². The number of hydrogen-bond acceptors (Lipinski definition) is 2. The zero-order chi connectivity index (χ0) is 11.7. The zero-order valence-corrected chi connectivity index (χ0v) is 10.6. The zero-order valence-electron chi connectivity index (χ0n) is 10.6. The Bertz CT molecular complexity index is 207. The van der Waals surface area contributed by atoms with Crippen molar-refractivity contribution in [2.24, 2.45) is 23.7 Å². The maximum atomic E-state index is 10.4. The molecule has 2 rings (SSSR count). The Morgan fingerprint density at radius 1 is 0.812 bits per heavy atom. The van der Waals surface area contributed by atoms with Crippen LogP contribution in [0.4, 0.5) is 0 Å². The molecular formula is C14H26O2. The maximum Gasteiger partial charge on any atom is 0.0623 e. The molecule has 6 atom stereocenters. The molecule has 94 valence electrons. The highest BCUT2D eigenvalue weighted by atomic mass is 16.3. The Morgan fingerprint density at radius 2 is 1.25 bits per heavy atom. The van der Waals surface area contributed by atoms with Crippen molar-refractivity contribution >= 4 is 0 Å². The summed E-state index contributed by atoms with van der Waals surface area (Å²) in [5.41, 5.74) is 0. The fourth-order valence-corrected chi connectivity index (χ4v) is 4.01. The van der Waals surface area contributed by atoms with Crippen LogP contribution in [0.3, 0.4) is 0 Å². The van der Waals surface area contributed by atoms with E-state index in [1.165, 1.54) is 12.8 Å². The fraction of sp³-hybridized carbons (Fsp3) is 1.00. The van der Waals surface area contributed by atoms with E-state index in [2.05, 4.69) is 13.8 Å². The maximum absolute atomic E-state index is 10.4. The first-order valence-electron chi connectivity index (χ1n) is 7.05. The summed E-state index contributed by atoms with van der Waals surface area (Å²) in [4.78, 5) is 0. The second kappa shape index (κ2) is 5.05. The SMILES string of the molecule is CC[C@@H]1CCC2CC[C@H](CC)C(O)C2C1O. The van der Waals surface area contributed by atoms with Gasteiger partial charge in [0.2, 0.25) is 0 Å². The molecule has 16 heavy (non-hydrogen) atoms. The number of rotatable bonds is 2. The highest BCUT2D eigenvalue weighted by molar-refractivity contribution is 4.95. The molecule has 0 heterocycles. The minimum absolute atomic E-state index is 0.164. The largest absolute Gasteiger partial charge is 0.392 e. The van der Waals surface area contributed by atoms with E-state index in [1.807, 2.05) is 0 Å². The van der Waals surface area contributed by atoms with E-state index in [1.54, 1.807) is 0 Å². The highest BCUT2D eigenvalue weighted by Crippen LogP contribution is 2.46. The van der Waals surface area contributed by atoms with Gasteiger partial charge in [-0.05, 0) is 43.4 Å². The van der Waals surface area contributed by atoms with Gasteiger partial charge in [-0.15, -0.1) is 0 Å². The number of hydrogen-bond donors (Lipinski definition) is 2. The molecule has 0 bridgehead atoms. The molecule has 0 spiro atoms. The van der Waals surface area contributed by atoms with Crippen LogP contribution in [0.5, 0.6) is 0 Å². The molecule has 0 aliphatic heterocycles. The molecule has 2 fully saturated rings. The quantitative estimate of drug-likeness (QED) is 0.760. The first-order chi connectivity index (χ1) is 7.69. The molecule has 0 aromatic rings. The van der Waals surface area contributed by atoms with Gasteiger partial charge in [0.25, 0.3) is 0 Å². The van der Waals surface area contributed by atoms with Crippen molar-refractivity contribution in [3.05, 3.63) is 0 Å². The topological polar surface area (TPSA) is 40.5 Å². The minimum Gasteiger partial charge on any atom is -0.392 e. The summed E-state index contributed by atoms with van der Waals surface area (Å²) in [6.45, 7) is 4.31. The van der Waals surface area contributed by atoms with Gasteiger partial charge in [0.1, 0.15) is 0 Å². The lowest BCUT2D eigenvalue weighted by atomic mass is 9.61. The van der Waals surface area contributed by atoms with E-state index < -0.39 is 0 Å². The van der Waals surface area contributed by atoms with E-state index >= 15 is 0 Å². The predicted octanol–water partition coefficient (Wildman–Crippen LogP) is 2.58. The summed E-state index contributed by atoms with van der Waals surface area (Å²) < 4.78 is 0. The van der Waals surface area contributed by atoms with E-state index in [9.17, 15) is 10.2 Å². The molecular weight excluding hydrogens is 200 g/mol. The van der Waals surface area contributed by atoms with Crippen LogP contribution in [-0.4, -0.2) is 22.4 Å². The van der Waals surface area contributed by atoms with Crippen LogP contribution in [0.1, 0.15) is 52.4 Å². The average Bonchev–Trinajstić information content (AvgIpc) is 2.30. The van der Waals surface area contributed by atoms with E-state index in [0.29, 0.717) is 17.8 Å². The molecule has 0 amide bonds. The Labute approximate surface area is 99.1 Å². The summed E-state index contributed by atoms with van der Waals surface area (Å²) in [5.74, 6) is 1.59. The summed E-state index contributed by atoms with van der Waals surface area (Å²) in [7, 11) is 0. The lowest BCUT2D eigenvalue weighted by Gasteiger charge is -2.48. The Hall–Kier alpha value is -0.0800. The molecule has 0 aromatic carbocycles. The molecule has 4 unspecified atom stereocenters. The van der Waals surface area contributed by atoms with Gasteiger partial charge in [0, 0.05) is 5.92 Å². The van der Waals surface area contributed by atoms with Crippen molar-refractivity contribution in [3.63, 3.8) is 0 Å². The monoisotopic (exact) mass is 226 g/mol. The molecule has 0 radical (unpaired) electrons. The van der Waals surface area contributed by atoms with Crippen molar-refractivity contribution in [3.8, 4) is 0 Å². The average molecular weight is 226 g/mol. The molecule has 0 saturated heterocycles. The van der Waals surface area contributed by atoms with Crippen molar-refractivity contribution in [1.29, 1.82) is 0 Å². The molecule has 2 heteroatoms. The predicted molar refractivity (Wildman–Crippen MR) is 65.0 cm³/mol. The third kappa shape index (κ3) is 2.02. The third-order valence-corrected chi connectivity index (χ3v) is 5.16. The summed E-state index contributed by atoms with van der Waals surface area (Å²) in [5, 5.41) is 20.8. The van der Waals surface area contributed by atoms with E-state index in [-0.39, 0.29) is 18.1 Å². The van der Waals surface area contributed by atoms with Gasteiger partial charge in [-0.3, -0.25) is 0 Å². The second-order valence-electron chi connectivity index (χ2n) is 5.81. The Balaban J connectivity index is 2.10. The van der Waals surface area contributed by atoms with Gasteiger partial charge >= 0.3 is 0 Å². The van der Waals surface area contributed by atoms with Crippen LogP contribution in [0.2, 0.25) is 0 Å². The van der Waals surface area contributed by atoms with Crippen LogP contribution in [0.15, 0.2) is 0 Å². The second-order valence-corrected chi connectivity index (χ2v) is 5.81. The Kier molecular flexibility index (Phi) is 3.91. The fourth-order valence-electron chi connectivity index (χ4n) is 4.01. The Morgan fingerprint density at radius 3 is 1.62 bits per heavy atom. The minimum atomic E-state index is -0.256. The van der Waals surface area contributed by atoms with E-state index in [4.69, 9.17) is 0 Å². The number of fused-ring (bicyclic) bond motifs is 1. The van der Waals surface area contributed by atoms with Gasteiger partial charge in [-0.2, -0.15) is 0 Å². The molecule has 2 saturated carbocycles. The number of aliphatic hydroxyl groups is 2. The lowest BCUT2D eigenvalue weighted by molar-refractivity contribution is -0.116. The molecule has 2 aliphatic rings. The van der Waals surface area contributed by atoms with Gasteiger partial charge in [-0.25, -0.2) is 0 Å². The highest BCUT2D eigenvalue weighted by Gasteiger charge is 2.46.